The van der Waals surface area contributed by atoms with Crippen molar-refractivity contribution in [2.45, 2.75) is 26.8 Å². The first kappa shape index (κ1) is 14.4. The highest BCUT2D eigenvalue weighted by Gasteiger charge is 2.06. The summed E-state index contributed by atoms with van der Waals surface area (Å²) in [6, 6.07) is 6.62. The Bertz CT molecular complexity index is 376. The van der Waals surface area contributed by atoms with Crippen LogP contribution in [0.5, 0.6) is 5.75 Å². The first-order valence-electron chi connectivity index (χ1n) is 6.09. The van der Waals surface area contributed by atoms with Gasteiger partial charge in [-0.2, -0.15) is 0 Å². The maximum absolute atomic E-state index is 10.5. The first-order valence-corrected chi connectivity index (χ1v) is 6.09. The molecule has 0 aromatic heterocycles. The van der Waals surface area contributed by atoms with Gasteiger partial charge in [0.15, 0.2) is 0 Å². The SMILES string of the molecule is CC(CNC(C)C)COc1ccc([N+](=O)[O-])cc1. The highest BCUT2D eigenvalue weighted by atomic mass is 16.6. The molecular formula is C13H20N2O3. The molecule has 0 fully saturated rings. The minimum atomic E-state index is -0.418. The van der Waals surface area contributed by atoms with Crippen LogP contribution in [0.4, 0.5) is 5.69 Å². The van der Waals surface area contributed by atoms with Crippen LogP contribution in [0.25, 0.3) is 0 Å². The monoisotopic (exact) mass is 252 g/mol. The molecule has 0 amide bonds. The molecule has 18 heavy (non-hydrogen) atoms. The van der Waals surface area contributed by atoms with Gasteiger partial charge in [-0.3, -0.25) is 10.1 Å². The molecular weight excluding hydrogens is 232 g/mol. The second-order valence-electron chi connectivity index (χ2n) is 4.73. The summed E-state index contributed by atoms with van der Waals surface area (Å²) in [6.45, 7) is 7.79. The van der Waals surface area contributed by atoms with E-state index in [4.69, 9.17) is 4.74 Å². The Morgan fingerprint density at radius 1 is 1.28 bits per heavy atom. The van der Waals surface area contributed by atoms with E-state index in [1.807, 2.05) is 0 Å². The van der Waals surface area contributed by atoms with E-state index < -0.39 is 4.92 Å². The maximum atomic E-state index is 10.5. The molecule has 0 aliphatic carbocycles. The van der Waals surface area contributed by atoms with Crippen LogP contribution >= 0.6 is 0 Å². The number of non-ortho nitro benzene ring substituents is 1. The highest BCUT2D eigenvalue weighted by molar-refractivity contribution is 5.35. The molecule has 5 nitrogen and oxygen atoms in total. The lowest BCUT2D eigenvalue weighted by molar-refractivity contribution is -0.384. The van der Waals surface area contributed by atoms with Gasteiger partial charge in [-0.1, -0.05) is 20.8 Å². The largest absolute Gasteiger partial charge is 0.493 e. The van der Waals surface area contributed by atoms with Crippen LogP contribution in [0.1, 0.15) is 20.8 Å². The number of nitrogens with zero attached hydrogens (tertiary/aromatic N) is 1. The lowest BCUT2D eigenvalue weighted by atomic mass is 10.2. The van der Waals surface area contributed by atoms with Crippen LogP contribution in [0, 0.1) is 16.0 Å². The van der Waals surface area contributed by atoms with Gasteiger partial charge < -0.3 is 10.1 Å². The highest BCUT2D eigenvalue weighted by Crippen LogP contribution is 2.17. The number of nitro benzene ring substituents is 1. The zero-order chi connectivity index (χ0) is 13.5. The molecule has 1 unspecified atom stereocenters. The molecule has 0 heterocycles. The van der Waals surface area contributed by atoms with E-state index in [9.17, 15) is 10.1 Å². The third kappa shape index (κ3) is 5.14. The summed E-state index contributed by atoms with van der Waals surface area (Å²) in [5, 5.41) is 13.8. The Morgan fingerprint density at radius 2 is 1.89 bits per heavy atom. The van der Waals surface area contributed by atoms with Crippen molar-refractivity contribution in [2.24, 2.45) is 5.92 Å². The van der Waals surface area contributed by atoms with Gasteiger partial charge in [-0.15, -0.1) is 0 Å². The fraction of sp³-hybridized carbons (Fsp3) is 0.538. The topological polar surface area (TPSA) is 64.4 Å². The van der Waals surface area contributed by atoms with Gasteiger partial charge in [-0.05, 0) is 12.1 Å². The third-order valence-electron chi connectivity index (χ3n) is 2.46. The Morgan fingerprint density at radius 3 is 2.39 bits per heavy atom. The number of benzene rings is 1. The zero-order valence-electron chi connectivity index (χ0n) is 11.1. The smallest absolute Gasteiger partial charge is 0.269 e. The standard InChI is InChI=1S/C13H20N2O3/c1-10(2)14-8-11(3)9-18-13-6-4-12(5-7-13)15(16)17/h4-7,10-11,14H,8-9H2,1-3H3. The lowest BCUT2D eigenvalue weighted by Crippen LogP contribution is -2.30. The fourth-order valence-electron chi connectivity index (χ4n) is 1.40. The molecule has 1 N–H and O–H groups in total. The molecule has 0 radical (unpaired) electrons. The summed E-state index contributed by atoms with van der Waals surface area (Å²) in [5.74, 6) is 1.06. The van der Waals surface area contributed by atoms with Crippen molar-refractivity contribution in [3.05, 3.63) is 34.4 Å². The second-order valence-corrected chi connectivity index (χ2v) is 4.73. The van der Waals surface area contributed by atoms with E-state index in [2.05, 4.69) is 26.1 Å². The van der Waals surface area contributed by atoms with Gasteiger partial charge in [0, 0.05) is 30.6 Å². The van der Waals surface area contributed by atoms with Crippen molar-refractivity contribution < 1.29 is 9.66 Å². The van der Waals surface area contributed by atoms with E-state index in [-0.39, 0.29) is 5.69 Å². The second kappa shape index (κ2) is 6.96. The Hall–Kier alpha value is -1.62. The van der Waals surface area contributed by atoms with Gasteiger partial charge >= 0.3 is 0 Å². The van der Waals surface area contributed by atoms with Crippen molar-refractivity contribution in [1.29, 1.82) is 0 Å². The summed E-state index contributed by atoms with van der Waals surface area (Å²) in [7, 11) is 0. The van der Waals surface area contributed by atoms with Crippen molar-refractivity contribution in [1.82, 2.24) is 5.32 Å². The van der Waals surface area contributed by atoms with Gasteiger partial charge in [0.2, 0.25) is 0 Å². The zero-order valence-corrected chi connectivity index (χ0v) is 11.1. The third-order valence-corrected chi connectivity index (χ3v) is 2.46. The summed E-state index contributed by atoms with van der Waals surface area (Å²) in [5.41, 5.74) is 0.0804. The average Bonchev–Trinajstić information content (AvgIpc) is 2.34. The van der Waals surface area contributed by atoms with E-state index in [1.54, 1.807) is 12.1 Å². The Kier molecular flexibility index (Phi) is 5.58. The van der Waals surface area contributed by atoms with Gasteiger partial charge in [0.25, 0.3) is 5.69 Å². The Labute approximate surface area is 107 Å². The molecule has 0 aliphatic heterocycles. The summed E-state index contributed by atoms with van der Waals surface area (Å²) in [6.07, 6.45) is 0. The fourth-order valence-corrected chi connectivity index (χ4v) is 1.40. The predicted octanol–water partition coefficient (Wildman–Crippen LogP) is 2.61. The lowest BCUT2D eigenvalue weighted by Gasteiger charge is -2.15. The predicted molar refractivity (Wildman–Crippen MR) is 70.9 cm³/mol. The molecule has 1 atom stereocenters. The van der Waals surface area contributed by atoms with Gasteiger partial charge in [0.1, 0.15) is 5.75 Å². The number of ether oxygens (including phenoxy) is 1. The molecule has 1 aromatic rings. The maximum Gasteiger partial charge on any atom is 0.269 e. The molecule has 0 aliphatic rings. The summed E-state index contributed by atoms with van der Waals surface area (Å²) >= 11 is 0. The van der Waals surface area contributed by atoms with Crippen LogP contribution in [0.3, 0.4) is 0 Å². The first-order chi connectivity index (χ1) is 8.49. The molecule has 1 rings (SSSR count). The molecule has 1 aromatic carbocycles. The van der Waals surface area contributed by atoms with E-state index in [0.29, 0.717) is 24.3 Å². The minimum Gasteiger partial charge on any atom is -0.493 e. The Balaban J connectivity index is 2.36. The van der Waals surface area contributed by atoms with Crippen molar-refractivity contribution in [2.75, 3.05) is 13.2 Å². The number of nitro groups is 1. The minimum absolute atomic E-state index is 0.0804. The van der Waals surface area contributed by atoms with Gasteiger partial charge in [0.05, 0.1) is 11.5 Å². The number of hydrogen-bond acceptors (Lipinski definition) is 4. The average molecular weight is 252 g/mol. The summed E-state index contributed by atoms with van der Waals surface area (Å²) < 4.78 is 5.57. The number of hydrogen-bond donors (Lipinski definition) is 1. The van der Waals surface area contributed by atoms with Crippen LogP contribution in [0.2, 0.25) is 0 Å². The van der Waals surface area contributed by atoms with E-state index >= 15 is 0 Å². The van der Waals surface area contributed by atoms with Crippen molar-refractivity contribution in [3.63, 3.8) is 0 Å². The van der Waals surface area contributed by atoms with Crippen LogP contribution in [-0.4, -0.2) is 24.1 Å². The number of nitrogens with one attached hydrogen (secondary N) is 1. The molecule has 100 valence electrons. The van der Waals surface area contributed by atoms with Crippen LogP contribution < -0.4 is 10.1 Å². The quantitative estimate of drug-likeness (QED) is 0.598. The molecule has 0 saturated carbocycles. The van der Waals surface area contributed by atoms with Crippen molar-refractivity contribution >= 4 is 5.69 Å². The van der Waals surface area contributed by atoms with Gasteiger partial charge in [-0.25, -0.2) is 0 Å². The molecule has 5 heteroatoms. The van der Waals surface area contributed by atoms with E-state index in [1.165, 1.54) is 12.1 Å². The van der Waals surface area contributed by atoms with E-state index in [0.717, 1.165) is 6.54 Å². The molecule has 0 saturated heterocycles. The normalized spacial score (nSPS) is 12.4. The number of rotatable bonds is 7. The van der Waals surface area contributed by atoms with Crippen molar-refractivity contribution in [3.8, 4) is 5.75 Å². The van der Waals surface area contributed by atoms with Crippen LogP contribution in [0.15, 0.2) is 24.3 Å². The molecule has 0 spiro atoms. The van der Waals surface area contributed by atoms with Crippen LogP contribution in [-0.2, 0) is 0 Å². The molecule has 0 bridgehead atoms. The summed E-state index contributed by atoms with van der Waals surface area (Å²) in [4.78, 5) is 10.1.